The molecule has 1 fully saturated rings. The van der Waals surface area contributed by atoms with E-state index in [2.05, 4.69) is 0 Å². The van der Waals surface area contributed by atoms with Crippen LogP contribution in [-0.2, 0) is 9.53 Å². The minimum absolute atomic E-state index is 0.129. The fourth-order valence-corrected chi connectivity index (χ4v) is 2.32. The molecular formula is C14H17NO5. The molecule has 2 rings (SSSR count). The van der Waals surface area contributed by atoms with E-state index in [-0.39, 0.29) is 19.1 Å². The molecule has 0 spiro atoms. The maximum absolute atomic E-state index is 12.5. The largest absolute Gasteiger partial charge is 0.496 e. The predicted octanol–water partition coefficient (Wildman–Crippen LogP) is 0.867. The fraction of sp³-hybridized carbons (Fsp3) is 0.429. The number of nitrogens with zero attached hydrogens (tertiary/aromatic N) is 1. The molecule has 1 aliphatic heterocycles. The van der Waals surface area contributed by atoms with Gasteiger partial charge in [0.25, 0.3) is 5.91 Å². The number of carbonyl (C=O) groups excluding carboxylic acids is 1. The van der Waals surface area contributed by atoms with Crippen molar-refractivity contribution in [2.24, 2.45) is 5.92 Å². The number of carbonyl (C=O) groups is 2. The highest BCUT2D eigenvalue weighted by atomic mass is 16.5. The van der Waals surface area contributed by atoms with Crippen molar-refractivity contribution in [2.75, 3.05) is 27.4 Å². The van der Waals surface area contributed by atoms with Crippen LogP contribution in [-0.4, -0.2) is 55.3 Å². The van der Waals surface area contributed by atoms with Gasteiger partial charge in [-0.1, -0.05) is 12.1 Å². The average molecular weight is 279 g/mol. The van der Waals surface area contributed by atoms with Crippen molar-refractivity contribution in [3.05, 3.63) is 29.8 Å². The molecule has 1 aromatic rings. The summed E-state index contributed by atoms with van der Waals surface area (Å²) in [5.41, 5.74) is 0.411. The Morgan fingerprint density at radius 2 is 2.05 bits per heavy atom. The van der Waals surface area contributed by atoms with Gasteiger partial charge in [-0.3, -0.25) is 9.59 Å². The highest BCUT2D eigenvalue weighted by Gasteiger charge is 2.39. The second-order valence-electron chi connectivity index (χ2n) is 4.67. The maximum Gasteiger partial charge on any atom is 0.311 e. The zero-order valence-corrected chi connectivity index (χ0v) is 11.4. The molecule has 20 heavy (non-hydrogen) atoms. The SMILES string of the molecule is COc1ccccc1C(=O)N(C)C1COCC1C(=O)O. The molecular weight excluding hydrogens is 262 g/mol. The van der Waals surface area contributed by atoms with E-state index in [4.69, 9.17) is 14.6 Å². The number of aliphatic carboxylic acids is 1. The zero-order valence-electron chi connectivity index (χ0n) is 11.4. The van der Waals surface area contributed by atoms with Crippen LogP contribution < -0.4 is 4.74 Å². The number of amides is 1. The first-order valence-electron chi connectivity index (χ1n) is 6.27. The van der Waals surface area contributed by atoms with Crippen LogP contribution in [0.1, 0.15) is 10.4 Å². The normalized spacial score (nSPS) is 21.5. The standard InChI is InChI=1S/C14H17NO5/c1-15(11-8-20-7-10(11)14(17)18)13(16)9-5-3-4-6-12(9)19-2/h3-6,10-11H,7-8H2,1-2H3,(H,17,18). The number of benzene rings is 1. The van der Waals surface area contributed by atoms with Crippen LogP contribution in [0.3, 0.4) is 0 Å². The third-order valence-corrected chi connectivity index (χ3v) is 3.52. The van der Waals surface area contributed by atoms with Gasteiger partial charge in [-0.15, -0.1) is 0 Å². The Morgan fingerprint density at radius 3 is 2.70 bits per heavy atom. The number of carboxylic acids is 1. The Bertz CT molecular complexity index is 516. The molecule has 0 saturated carbocycles. The molecule has 1 aromatic carbocycles. The molecule has 1 amide bonds. The van der Waals surface area contributed by atoms with Crippen LogP contribution in [0.15, 0.2) is 24.3 Å². The number of carboxylic acid groups (broad SMARTS) is 1. The Balaban J connectivity index is 2.22. The summed E-state index contributed by atoms with van der Waals surface area (Å²) in [5.74, 6) is -1.45. The van der Waals surface area contributed by atoms with Gasteiger partial charge in [0, 0.05) is 7.05 Å². The van der Waals surface area contributed by atoms with Gasteiger partial charge in [0.05, 0.1) is 31.9 Å². The molecule has 6 heteroatoms. The van der Waals surface area contributed by atoms with Crippen molar-refractivity contribution < 1.29 is 24.2 Å². The number of methoxy groups -OCH3 is 1. The van der Waals surface area contributed by atoms with Gasteiger partial charge in [-0.25, -0.2) is 0 Å². The third-order valence-electron chi connectivity index (χ3n) is 3.52. The first-order chi connectivity index (χ1) is 9.56. The predicted molar refractivity (Wildman–Crippen MR) is 70.8 cm³/mol. The molecule has 6 nitrogen and oxygen atoms in total. The first-order valence-corrected chi connectivity index (χ1v) is 6.27. The van der Waals surface area contributed by atoms with Crippen molar-refractivity contribution in [1.82, 2.24) is 4.90 Å². The molecule has 0 radical (unpaired) electrons. The van der Waals surface area contributed by atoms with E-state index in [1.807, 2.05) is 0 Å². The zero-order chi connectivity index (χ0) is 14.7. The van der Waals surface area contributed by atoms with Gasteiger partial charge in [-0.05, 0) is 12.1 Å². The number of hydrogen-bond acceptors (Lipinski definition) is 4. The molecule has 0 bridgehead atoms. The highest BCUT2D eigenvalue weighted by molar-refractivity contribution is 5.97. The van der Waals surface area contributed by atoms with E-state index in [0.717, 1.165) is 0 Å². The summed E-state index contributed by atoms with van der Waals surface area (Å²) in [5, 5.41) is 9.14. The second kappa shape index (κ2) is 5.92. The molecule has 1 N–H and O–H groups in total. The molecule has 108 valence electrons. The monoisotopic (exact) mass is 279 g/mol. The molecule has 2 unspecified atom stereocenters. The van der Waals surface area contributed by atoms with Crippen molar-refractivity contribution in [3.63, 3.8) is 0 Å². The van der Waals surface area contributed by atoms with Gasteiger partial charge >= 0.3 is 5.97 Å². The molecule has 0 aromatic heterocycles. The number of para-hydroxylation sites is 1. The number of rotatable bonds is 4. The lowest BCUT2D eigenvalue weighted by molar-refractivity contribution is -0.142. The summed E-state index contributed by atoms with van der Waals surface area (Å²) >= 11 is 0. The molecule has 1 saturated heterocycles. The molecule has 2 atom stereocenters. The lowest BCUT2D eigenvalue weighted by atomic mass is 10.0. The summed E-state index contributed by atoms with van der Waals surface area (Å²) in [6, 6.07) is 6.40. The third kappa shape index (κ3) is 2.60. The topological polar surface area (TPSA) is 76.1 Å². The summed E-state index contributed by atoms with van der Waals surface area (Å²) in [4.78, 5) is 25.1. The quantitative estimate of drug-likeness (QED) is 0.885. The molecule has 1 aliphatic rings. The average Bonchev–Trinajstić information content (AvgIpc) is 2.95. The summed E-state index contributed by atoms with van der Waals surface area (Å²) in [6.07, 6.45) is 0. The van der Waals surface area contributed by atoms with E-state index in [0.29, 0.717) is 11.3 Å². The second-order valence-corrected chi connectivity index (χ2v) is 4.67. The number of ether oxygens (including phenoxy) is 2. The Kier molecular flexibility index (Phi) is 4.24. The van der Waals surface area contributed by atoms with Crippen LogP contribution >= 0.6 is 0 Å². The smallest absolute Gasteiger partial charge is 0.311 e. The Labute approximate surface area is 116 Å². The van der Waals surface area contributed by atoms with Gasteiger partial charge < -0.3 is 19.5 Å². The van der Waals surface area contributed by atoms with Gasteiger partial charge in [0.15, 0.2) is 0 Å². The summed E-state index contributed by atoms with van der Waals surface area (Å²) < 4.78 is 10.3. The minimum Gasteiger partial charge on any atom is -0.496 e. The van der Waals surface area contributed by atoms with Crippen molar-refractivity contribution in [1.29, 1.82) is 0 Å². The summed E-state index contributed by atoms with van der Waals surface area (Å²) in [6.45, 7) is 0.359. The fourth-order valence-electron chi connectivity index (χ4n) is 2.32. The van der Waals surface area contributed by atoms with E-state index < -0.39 is 17.9 Å². The lowest BCUT2D eigenvalue weighted by Crippen LogP contribution is -2.44. The first kappa shape index (κ1) is 14.3. The van der Waals surface area contributed by atoms with E-state index in [1.165, 1.54) is 12.0 Å². The van der Waals surface area contributed by atoms with Gasteiger partial charge in [0.1, 0.15) is 11.7 Å². The highest BCUT2D eigenvalue weighted by Crippen LogP contribution is 2.24. The Morgan fingerprint density at radius 1 is 1.35 bits per heavy atom. The lowest BCUT2D eigenvalue weighted by Gasteiger charge is -2.26. The van der Waals surface area contributed by atoms with Crippen molar-refractivity contribution in [2.45, 2.75) is 6.04 Å². The minimum atomic E-state index is -0.952. The van der Waals surface area contributed by atoms with E-state index in [1.54, 1.807) is 31.3 Å². The van der Waals surface area contributed by atoms with Crippen LogP contribution in [0.5, 0.6) is 5.75 Å². The van der Waals surface area contributed by atoms with Gasteiger partial charge in [-0.2, -0.15) is 0 Å². The number of hydrogen-bond donors (Lipinski definition) is 1. The van der Waals surface area contributed by atoms with E-state index in [9.17, 15) is 9.59 Å². The van der Waals surface area contributed by atoms with Crippen LogP contribution in [0.4, 0.5) is 0 Å². The number of likely N-dealkylation sites (N-methyl/N-ethyl adjacent to an activating group) is 1. The van der Waals surface area contributed by atoms with Crippen LogP contribution in [0, 0.1) is 5.92 Å². The van der Waals surface area contributed by atoms with E-state index >= 15 is 0 Å². The van der Waals surface area contributed by atoms with Gasteiger partial charge in [0.2, 0.25) is 0 Å². The van der Waals surface area contributed by atoms with Crippen LogP contribution in [0.25, 0.3) is 0 Å². The van der Waals surface area contributed by atoms with Crippen molar-refractivity contribution >= 4 is 11.9 Å². The molecule has 1 heterocycles. The van der Waals surface area contributed by atoms with Crippen LogP contribution in [0.2, 0.25) is 0 Å². The van der Waals surface area contributed by atoms with Crippen molar-refractivity contribution in [3.8, 4) is 5.75 Å². The molecule has 0 aliphatic carbocycles. The Hall–Kier alpha value is -2.08. The summed E-state index contributed by atoms with van der Waals surface area (Å²) in [7, 11) is 3.08. The maximum atomic E-state index is 12.5.